The molecule has 0 saturated carbocycles. The number of alkyl halides is 3. The molecule has 0 heterocycles. The van der Waals surface area contributed by atoms with Crippen LogP contribution in [0, 0.1) is 6.42 Å². The van der Waals surface area contributed by atoms with Gasteiger partial charge in [-0.25, -0.2) is 0 Å². The smallest absolute Gasteiger partial charge is 0.333 e. The molecule has 2 N–H and O–H groups in total. The van der Waals surface area contributed by atoms with E-state index in [9.17, 15) is 13.2 Å². The lowest BCUT2D eigenvalue weighted by molar-refractivity contribution is -0.137. The number of thiocarbonyl (C=S) groups is 1. The normalized spacial score (nSPS) is 14.7. The van der Waals surface area contributed by atoms with Crippen molar-refractivity contribution < 1.29 is 13.2 Å². The van der Waals surface area contributed by atoms with Crippen LogP contribution in [0.2, 0.25) is 0 Å². The van der Waals surface area contributed by atoms with Crippen molar-refractivity contribution in [3.63, 3.8) is 0 Å². The van der Waals surface area contributed by atoms with Gasteiger partial charge in [0, 0.05) is 11.4 Å². The van der Waals surface area contributed by atoms with Gasteiger partial charge in [0.2, 0.25) is 0 Å². The number of halogens is 3. The molecule has 1 aromatic rings. The Kier molecular flexibility index (Phi) is 4.44. The fourth-order valence-corrected chi connectivity index (χ4v) is 1.91. The lowest BCUT2D eigenvalue weighted by Gasteiger charge is -2.14. The summed E-state index contributed by atoms with van der Waals surface area (Å²) in [6.07, 6.45) is 4.07. The molecule has 0 bridgehead atoms. The Balaban J connectivity index is 2.01. The van der Waals surface area contributed by atoms with Crippen LogP contribution in [0.4, 0.5) is 18.9 Å². The predicted molar refractivity (Wildman–Crippen MR) is 76.9 cm³/mol. The summed E-state index contributed by atoms with van der Waals surface area (Å²) < 4.78 is 37.7. The Hall–Kier alpha value is -1.82. The van der Waals surface area contributed by atoms with Gasteiger partial charge in [-0.1, -0.05) is 18.2 Å². The van der Waals surface area contributed by atoms with Crippen LogP contribution >= 0.6 is 12.2 Å². The number of allylic oxidation sites excluding steroid dienone is 3. The lowest BCUT2D eigenvalue weighted by Crippen LogP contribution is -2.27. The highest BCUT2D eigenvalue weighted by atomic mass is 32.1. The molecule has 0 unspecified atom stereocenters. The van der Waals surface area contributed by atoms with Crippen molar-refractivity contribution >= 4 is 23.0 Å². The van der Waals surface area contributed by atoms with E-state index in [4.69, 9.17) is 12.2 Å². The van der Waals surface area contributed by atoms with E-state index in [1.165, 1.54) is 12.1 Å². The molecular weight excluding hydrogens is 285 g/mol. The molecule has 0 spiro atoms. The van der Waals surface area contributed by atoms with Crippen molar-refractivity contribution in [3.05, 3.63) is 60.2 Å². The van der Waals surface area contributed by atoms with Crippen LogP contribution in [0.5, 0.6) is 0 Å². The number of hydrogen-bond acceptors (Lipinski definition) is 1. The average molecular weight is 297 g/mol. The average Bonchev–Trinajstić information content (AvgIpc) is 2.39. The Morgan fingerprint density at radius 3 is 2.65 bits per heavy atom. The topological polar surface area (TPSA) is 24.1 Å². The first-order valence-corrected chi connectivity index (χ1v) is 6.31. The van der Waals surface area contributed by atoms with E-state index < -0.39 is 11.7 Å². The van der Waals surface area contributed by atoms with Crippen LogP contribution in [0.1, 0.15) is 12.0 Å². The number of benzene rings is 1. The van der Waals surface area contributed by atoms with Gasteiger partial charge in [0.15, 0.2) is 5.11 Å². The van der Waals surface area contributed by atoms with Crippen LogP contribution in [-0.2, 0) is 6.18 Å². The van der Waals surface area contributed by atoms with Crippen molar-refractivity contribution in [2.75, 3.05) is 5.32 Å². The van der Waals surface area contributed by atoms with E-state index in [1.54, 1.807) is 0 Å². The zero-order valence-electron chi connectivity index (χ0n) is 10.4. The third kappa shape index (κ3) is 4.09. The van der Waals surface area contributed by atoms with Gasteiger partial charge in [-0.3, -0.25) is 0 Å². The summed E-state index contributed by atoms with van der Waals surface area (Å²) in [4.78, 5) is 0. The van der Waals surface area contributed by atoms with E-state index >= 15 is 0 Å². The summed E-state index contributed by atoms with van der Waals surface area (Å²) in [7, 11) is 0. The van der Waals surface area contributed by atoms with Gasteiger partial charge in [-0.2, -0.15) is 13.2 Å². The van der Waals surface area contributed by atoms with Gasteiger partial charge < -0.3 is 10.6 Å². The number of rotatable bonds is 2. The molecular formula is C14H12F3N2S. The summed E-state index contributed by atoms with van der Waals surface area (Å²) in [6.45, 7) is 0. The fourth-order valence-electron chi connectivity index (χ4n) is 1.67. The minimum Gasteiger partial charge on any atom is -0.333 e. The number of anilines is 1. The molecule has 1 radical (unpaired) electrons. The summed E-state index contributed by atoms with van der Waals surface area (Å²) in [5.74, 6) is 0. The fraction of sp³-hybridized carbons (Fsp3) is 0.143. The van der Waals surface area contributed by atoms with E-state index in [2.05, 4.69) is 10.6 Å². The molecule has 1 aromatic carbocycles. The first-order valence-electron chi connectivity index (χ1n) is 5.90. The number of hydrogen-bond donors (Lipinski definition) is 2. The van der Waals surface area contributed by atoms with Crippen molar-refractivity contribution in [2.24, 2.45) is 0 Å². The van der Waals surface area contributed by atoms with Crippen LogP contribution in [-0.4, -0.2) is 5.11 Å². The quantitative estimate of drug-likeness (QED) is 0.806. The second-order valence-corrected chi connectivity index (χ2v) is 4.56. The molecule has 2 nitrogen and oxygen atoms in total. The summed E-state index contributed by atoms with van der Waals surface area (Å²) in [5.41, 5.74) is 0.401. The lowest BCUT2D eigenvalue weighted by atomic mass is 10.1. The Bertz CT molecular complexity index is 562. The first-order chi connectivity index (χ1) is 9.45. The second kappa shape index (κ2) is 6.09. The van der Waals surface area contributed by atoms with Crippen LogP contribution in [0.3, 0.4) is 0 Å². The van der Waals surface area contributed by atoms with Gasteiger partial charge >= 0.3 is 6.18 Å². The molecule has 0 aliphatic heterocycles. The molecule has 0 saturated heterocycles. The summed E-state index contributed by atoms with van der Waals surface area (Å²) in [5, 5.41) is 5.91. The molecule has 0 atom stereocenters. The highest BCUT2D eigenvalue weighted by Crippen LogP contribution is 2.30. The Labute approximate surface area is 120 Å². The molecule has 2 rings (SSSR count). The molecule has 1 aliphatic carbocycles. The largest absolute Gasteiger partial charge is 0.416 e. The van der Waals surface area contributed by atoms with E-state index in [-0.39, 0.29) is 5.11 Å². The maximum absolute atomic E-state index is 12.6. The molecule has 1 aliphatic rings. The van der Waals surface area contributed by atoms with Crippen molar-refractivity contribution in [3.8, 4) is 0 Å². The monoisotopic (exact) mass is 297 g/mol. The minimum atomic E-state index is -4.36. The van der Waals surface area contributed by atoms with Gasteiger partial charge in [-0.15, -0.1) is 0 Å². The van der Waals surface area contributed by atoms with E-state index in [0.717, 1.165) is 24.3 Å². The maximum Gasteiger partial charge on any atom is 0.416 e. The third-order valence-electron chi connectivity index (χ3n) is 2.59. The maximum atomic E-state index is 12.6. The summed E-state index contributed by atoms with van der Waals surface area (Å²) in [6, 6.07) is 4.90. The SMILES string of the molecule is FC(F)(F)c1cccc(NC(=S)NC2=CC[CH]C=C2)c1. The molecule has 6 heteroatoms. The van der Waals surface area contributed by atoms with Crippen molar-refractivity contribution in [2.45, 2.75) is 12.6 Å². The Morgan fingerprint density at radius 1 is 1.20 bits per heavy atom. The van der Waals surface area contributed by atoms with E-state index in [1.807, 2.05) is 24.6 Å². The highest BCUT2D eigenvalue weighted by molar-refractivity contribution is 7.80. The van der Waals surface area contributed by atoms with Gasteiger partial charge in [0.1, 0.15) is 0 Å². The second-order valence-electron chi connectivity index (χ2n) is 4.15. The molecule has 0 fully saturated rings. The van der Waals surface area contributed by atoms with E-state index in [0.29, 0.717) is 5.69 Å². The molecule has 105 valence electrons. The van der Waals surface area contributed by atoms with Crippen LogP contribution < -0.4 is 10.6 Å². The molecule has 0 amide bonds. The molecule has 20 heavy (non-hydrogen) atoms. The van der Waals surface area contributed by atoms with Gasteiger partial charge in [-0.05, 0) is 49.3 Å². The van der Waals surface area contributed by atoms with Crippen LogP contribution in [0.15, 0.2) is 48.2 Å². The Morgan fingerprint density at radius 2 is 2.00 bits per heavy atom. The van der Waals surface area contributed by atoms with Crippen molar-refractivity contribution in [1.29, 1.82) is 0 Å². The van der Waals surface area contributed by atoms with Crippen molar-refractivity contribution in [1.82, 2.24) is 5.32 Å². The van der Waals surface area contributed by atoms with Gasteiger partial charge in [0.25, 0.3) is 0 Å². The number of nitrogens with one attached hydrogen (secondary N) is 2. The standard InChI is InChI=1S/C14H12F3N2S/c15-14(16,17)10-5-4-8-12(9-10)19-13(20)18-11-6-2-1-3-7-11/h1-2,4-9H,3H2,(H2,18,19,20). The predicted octanol–water partition coefficient (Wildman–Crippen LogP) is 4.04. The summed E-state index contributed by atoms with van der Waals surface area (Å²) >= 11 is 5.07. The third-order valence-corrected chi connectivity index (χ3v) is 2.80. The van der Waals surface area contributed by atoms with Crippen LogP contribution in [0.25, 0.3) is 0 Å². The zero-order chi connectivity index (χ0) is 14.6. The highest BCUT2D eigenvalue weighted by Gasteiger charge is 2.30. The zero-order valence-corrected chi connectivity index (χ0v) is 11.2. The van der Waals surface area contributed by atoms with Gasteiger partial charge in [0.05, 0.1) is 5.56 Å². The molecule has 0 aromatic heterocycles. The first kappa shape index (κ1) is 14.6. The minimum absolute atomic E-state index is 0.252.